The molecular weight excluding hydrogens is 465 g/mol. The van der Waals surface area contributed by atoms with E-state index in [0.29, 0.717) is 13.2 Å². The van der Waals surface area contributed by atoms with Crippen LogP contribution in [0.4, 0.5) is 0 Å². The van der Waals surface area contributed by atoms with Gasteiger partial charge in [0, 0.05) is 7.11 Å². The summed E-state index contributed by atoms with van der Waals surface area (Å²) >= 11 is 12.2. The summed E-state index contributed by atoms with van der Waals surface area (Å²) in [5.41, 5.74) is 2.16. The number of ether oxygens (including phenoxy) is 3. The molecule has 2 unspecified atom stereocenters. The molecule has 2 rings (SSSR count). The zero-order valence-corrected chi connectivity index (χ0v) is 20.5. The first-order valence-corrected chi connectivity index (χ1v) is 11.4. The SMILES string of the molecule is CCC(OCCOC)c1ccc(/C=C/CC(NC(=O)c2c(Cl)cccc2Cl)C(=O)OC)cc1. The number of amides is 1. The van der Waals surface area contributed by atoms with E-state index < -0.39 is 17.9 Å². The van der Waals surface area contributed by atoms with Crippen molar-refractivity contribution in [2.24, 2.45) is 0 Å². The monoisotopic (exact) mass is 493 g/mol. The van der Waals surface area contributed by atoms with E-state index in [2.05, 4.69) is 12.2 Å². The second kappa shape index (κ2) is 14.0. The Hall–Kier alpha value is -2.38. The van der Waals surface area contributed by atoms with Crippen molar-refractivity contribution in [2.75, 3.05) is 27.4 Å². The Balaban J connectivity index is 2.03. The third-order valence-corrected chi connectivity index (χ3v) is 5.58. The molecule has 2 atom stereocenters. The fourth-order valence-corrected chi connectivity index (χ4v) is 3.76. The molecule has 1 N–H and O–H groups in total. The maximum atomic E-state index is 12.6. The number of hydrogen-bond donors (Lipinski definition) is 1. The highest BCUT2D eigenvalue weighted by Crippen LogP contribution is 2.24. The van der Waals surface area contributed by atoms with Crippen LogP contribution < -0.4 is 5.32 Å². The lowest BCUT2D eigenvalue weighted by Gasteiger charge is -2.17. The fraction of sp³-hybridized carbons (Fsp3) is 0.360. The first-order valence-electron chi connectivity index (χ1n) is 10.6. The molecular formula is C25H29Cl2NO5. The van der Waals surface area contributed by atoms with Gasteiger partial charge < -0.3 is 19.5 Å². The van der Waals surface area contributed by atoms with Crippen molar-refractivity contribution in [3.8, 4) is 0 Å². The van der Waals surface area contributed by atoms with E-state index in [1.807, 2.05) is 30.3 Å². The minimum Gasteiger partial charge on any atom is -0.467 e. The number of hydrogen-bond acceptors (Lipinski definition) is 5. The molecule has 2 aromatic carbocycles. The summed E-state index contributed by atoms with van der Waals surface area (Å²) in [5, 5.41) is 3.06. The van der Waals surface area contributed by atoms with E-state index in [4.69, 9.17) is 37.4 Å². The molecule has 33 heavy (non-hydrogen) atoms. The number of methoxy groups -OCH3 is 2. The average Bonchev–Trinajstić information content (AvgIpc) is 2.81. The molecule has 178 valence electrons. The maximum absolute atomic E-state index is 12.6. The molecule has 0 heterocycles. The van der Waals surface area contributed by atoms with Gasteiger partial charge >= 0.3 is 5.97 Å². The first-order chi connectivity index (χ1) is 15.9. The summed E-state index contributed by atoms with van der Waals surface area (Å²) in [5.74, 6) is -1.11. The molecule has 0 radical (unpaired) electrons. The summed E-state index contributed by atoms with van der Waals surface area (Å²) in [6.45, 7) is 3.16. The Morgan fingerprint density at radius 1 is 1.03 bits per heavy atom. The van der Waals surface area contributed by atoms with Gasteiger partial charge in [-0.2, -0.15) is 0 Å². The summed E-state index contributed by atoms with van der Waals surface area (Å²) in [4.78, 5) is 24.8. The van der Waals surface area contributed by atoms with Crippen LogP contribution >= 0.6 is 23.2 Å². The first kappa shape index (κ1) is 26.9. The van der Waals surface area contributed by atoms with Crippen LogP contribution in [0.1, 0.15) is 47.4 Å². The van der Waals surface area contributed by atoms with Gasteiger partial charge in [0.2, 0.25) is 0 Å². The van der Waals surface area contributed by atoms with Gasteiger partial charge in [0.05, 0.1) is 42.0 Å². The normalized spacial score (nSPS) is 13.0. The predicted molar refractivity (Wildman–Crippen MR) is 131 cm³/mol. The van der Waals surface area contributed by atoms with E-state index in [0.717, 1.165) is 17.5 Å². The highest BCUT2D eigenvalue weighted by Gasteiger charge is 2.23. The summed E-state index contributed by atoms with van der Waals surface area (Å²) < 4.78 is 15.7. The highest BCUT2D eigenvalue weighted by molar-refractivity contribution is 6.39. The molecule has 0 saturated heterocycles. The average molecular weight is 494 g/mol. The van der Waals surface area contributed by atoms with Crippen molar-refractivity contribution in [3.05, 3.63) is 75.3 Å². The van der Waals surface area contributed by atoms with Crippen molar-refractivity contribution in [3.63, 3.8) is 0 Å². The van der Waals surface area contributed by atoms with Crippen LogP contribution in [0.5, 0.6) is 0 Å². The van der Waals surface area contributed by atoms with Gasteiger partial charge in [0.1, 0.15) is 6.04 Å². The molecule has 0 spiro atoms. The van der Waals surface area contributed by atoms with Crippen LogP contribution in [0.3, 0.4) is 0 Å². The number of nitrogens with one attached hydrogen (secondary N) is 1. The molecule has 0 aliphatic carbocycles. The van der Waals surface area contributed by atoms with E-state index >= 15 is 0 Å². The number of rotatable bonds is 12. The number of esters is 1. The lowest BCUT2D eigenvalue weighted by Crippen LogP contribution is -2.41. The quantitative estimate of drug-likeness (QED) is 0.312. The van der Waals surface area contributed by atoms with E-state index in [1.54, 1.807) is 31.4 Å². The number of carbonyl (C=O) groups is 2. The smallest absolute Gasteiger partial charge is 0.328 e. The lowest BCUT2D eigenvalue weighted by molar-refractivity contribution is -0.142. The van der Waals surface area contributed by atoms with Gasteiger partial charge in [0.25, 0.3) is 5.91 Å². The van der Waals surface area contributed by atoms with Crippen LogP contribution in [-0.4, -0.2) is 45.4 Å². The van der Waals surface area contributed by atoms with Gasteiger partial charge in [-0.25, -0.2) is 4.79 Å². The predicted octanol–water partition coefficient (Wildman–Crippen LogP) is 5.48. The molecule has 6 nitrogen and oxygen atoms in total. The molecule has 0 saturated carbocycles. The van der Waals surface area contributed by atoms with Crippen molar-refractivity contribution in [2.45, 2.75) is 31.9 Å². The Bertz CT molecular complexity index is 926. The third kappa shape index (κ3) is 8.16. The van der Waals surface area contributed by atoms with Crippen molar-refractivity contribution >= 4 is 41.2 Å². The van der Waals surface area contributed by atoms with E-state index in [1.165, 1.54) is 7.11 Å². The fourth-order valence-electron chi connectivity index (χ4n) is 3.19. The number of benzene rings is 2. The topological polar surface area (TPSA) is 73.9 Å². The summed E-state index contributed by atoms with van der Waals surface area (Å²) in [6, 6.07) is 11.9. The van der Waals surface area contributed by atoms with Crippen LogP contribution in [0, 0.1) is 0 Å². The Labute approximate surface area is 204 Å². The van der Waals surface area contributed by atoms with E-state index in [9.17, 15) is 9.59 Å². The number of carbonyl (C=O) groups excluding carboxylic acids is 2. The zero-order chi connectivity index (χ0) is 24.2. The largest absolute Gasteiger partial charge is 0.467 e. The lowest BCUT2D eigenvalue weighted by atomic mass is 10.0. The van der Waals surface area contributed by atoms with Crippen LogP contribution in [0.15, 0.2) is 48.5 Å². The van der Waals surface area contributed by atoms with E-state index in [-0.39, 0.29) is 28.1 Å². The molecule has 0 aromatic heterocycles. The molecule has 0 aliphatic rings. The number of halogens is 2. The minimum absolute atomic E-state index is 0.00808. The van der Waals surface area contributed by atoms with Gasteiger partial charge in [-0.3, -0.25) is 4.79 Å². The van der Waals surface area contributed by atoms with Gasteiger partial charge in [-0.1, -0.05) is 72.6 Å². The maximum Gasteiger partial charge on any atom is 0.328 e. The molecule has 0 bridgehead atoms. The standard InChI is InChI=1S/C25H29Cl2NO5/c1-4-22(33-16-15-31-2)18-13-11-17(12-14-18)7-5-10-21(25(30)32-3)28-24(29)23-19(26)8-6-9-20(23)27/h5-9,11-14,21-22H,4,10,15-16H2,1-3H3,(H,28,29)/b7-5+. The Morgan fingerprint density at radius 3 is 2.27 bits per heavy atom. The Kier molecular flexibility index (Phi) is 11.4. The molecule has 2 aromatic rings. The third-order valence-electron chi connectivity index (χ3n) is 4.95. The molecule has 0 fully saturated rings. The zero-order valence-electron chi connectivity index (χ0n) is 19.0. The molecule has 8 heteroatoms. The van der Waals surface area contributed by atoms with Crippen LogP contribution in [-0.2, 0) is 19.0 Å². The molecule has 0 aliphatic heterocycles. The minimum atomic E-state index is -0.885. The second-order valence-electron chi connectivity index (χ2n) is 7.21. The van der Waals surface area contributed by atoms with Gasteiger partial charge in [-0.05, 0) is 36.1 Å². The van der Waals surface area contributed by atoms with Gasteiger partial charge in [0.15, 0.2) is 0 Å². The van der Waals surface area contributed by atoms with Crippen molar-refractivity contribution < 1.29 is 23.8 Å². The van der Waals surface area contributed by atoms with Crippen LogP contribution in [0.25, 0.3) is 6.08 Å². The van der Waals surface area contributed by atoms with Crippen LogP contribution in [0.2, 0.25) is 10.0 Å². The summed E-state index contributed by atoms with van der Waals surface area (Å²) in [6.07, 6.45) is 4.78. The van der Waals surface area contributed by atoms with Crippen molar-refractivity contribution in [1.82, 2.24) is 5.32 Å². The molecule has 1 amide bonds. The van der Waals surface area contributed by atoms with Gasteiger partial charge in [-0.15, -0.1) is 0 Å². The van der Waals surface area contributed by atoms with Crippen molar-refractivity contribution in [1.29, 1.82) is 0 Å². The Morgan fingerprint density at radius 2 is 1.70 bits per heavy atom. The second-order valence-corrected chi connectivity index (χ2v) is 8.03. The summed E-state index contributed by atoms with van der Waals surface area (Å²) in [7, 11) is 2.92. The highest BCUT2D eigenvalue weighted by atomic mass is 35.5.